The first kappa shape index (κ1) is 17.8. The highest BCUT2D eigenvalue weighted by molar-refractivity contribution is 5.13. The normalized spacial score (nSPS) is 13.3. The summed E-state index contributed by atoms with van der Waals surface area (Å²) >= 11 is 0. The van der Waals surface area contributed by atoms with E-state index in [9.17, 15) is 5.11 Å². The van der Waals surface area contributed by atoms with Crippen LogP contribution in [-0.2, 0) is 11.3 Å². The lowest BCUT2D eigenvalue weighted by atomic mass is 9.99. The molecule has 116 valence electrons. The molecule has 0 aromatic heterocycles. The van der Waals surface area contributed by atoms with Gasteiger partial charge in [-0.3, -0.25) is 0 Å². The van der Waals surface area contributed by atoms with Crippen molar-refractivity contribution in [3.63, 3.8) is 0 Å². The van der Waals surface area contributed by atoms with E-state index in [1.54, 1.807) is 0 Å². The molecule has 1 rings (SSSR count). The van der Waals surface area contributed by atoms with Crippen LogP contribution < -0.4 is 0 Å². The van der Waals surface area contributed by atoms with E-state index in [1.165, 1.54) is 19.3 Å². The molecule has 0 aliphatic heterocycles. The first-order valence-electron chi connectivity index (χ1n) is 8.02. The van der Waals surface area contributed by atoms with Crippen molar-refractivity contribution >= 4 is 0 Å². The van der Waals surface area contributed by atoms with Crippen LogP contribution in [0, 0.1) is 17.8 Å². The largest absolute Gasteiger partial charge is 0.392 e. The molecule has 0 saturated heterocycles. The summed E-state index contributed by atoms with van der Waals surface area (Å²) < 4.78 is 5.51. The lowest BCUT2D eigenvalue weighted by Gasteiger charge is -2.13. The van der Waals surface area contributed by atoms with Crippen molar-refractivity contribution in [1.82, 2.24) is 0 Å². The molecule has 0 unspecified atom stereocenters. The number of hydrogen-bond donors (Lipinski definition) is 1. The molecule has 0 saturated carbocycles. The molecule has 0 heterocycles. The zero-order valence-electron chi connectivity index (χ0n) is 13.3. The lowest BCUT2D eigenvalue weighted by molar-refractivity contribution is 0.128. The van der Waals surface area contributed by atoms with E-state index in [0.717, 1.165) is 18.4 Å². The van der Waals surface area contributed by atoms with Crippen LogP contribution in [0.3, 0.4) is 0 Å². The Balaban J connectivity index is 2.15. The van der Waals surface area contributed by atoms with Gasteiger partial charge in [-0.1, -0.05) is 74.8 Å². The zero-order chi connectivity index (χ0) is 15.3. The average Bonchev–Trinajstić information content (AvgIpc) is 2.52. The minimum Gasteiger partial charge on any atom is -0.392 e. The summed E-state index contributed by atoms with van der Waals surface area (Å²) in [6.07, 6.45) is 5.30. The molecule has 0 amide bonds. The molecule has 21 heavy (non-hydrogen) atoms. The Morgan fingerprint density at radius 1 is 1.14 bits per heavy atom. The fourth-order valence-corrected chi connectivity index (χ4v) is 2.12. The summed E-state index contributed by atoms with van der Waals surface area (Å²) in [7, 11) is 0. The summed E-state index contributed by atoms with van der Waals surface area (Å²) in [4.78, 5) is 0. The Bertz CT molecular complexity index is 416. The summed E-state index contributed by atoms with van der Waals surface area (Å²) in [5, 5.41) is 10.0. The molecule has 2 atom stereocenters. The molecule has 0 spiro atoms. The average molecular weight is 288 g/mol. The van der Waals surface area contributed by atoms with Crippen molar-refractivity contribution in [1.29, 1.82) is 0 Å². The van der Waals surface area contributed by atoms with Crippen molar-refractivity contribution in [2.45, 2.75) is 58.7 Å². The van der Waals surface area contributed by atoms with Crippen molar-refractivity contribution in [2.75, 3.05) is 6.61 Å². The maximum atomic E-state index is 10.0. The van der Waals surface area contributed by atoms with Crippen molar-refractivity contribution in [3.8, 4) is 11.8 Å². The molecule has 0 aliphatic rings. The van der Waals surface area contributed by atoms with Crippen LogP contribution in [0.5, 0.6) is 0 Å². The third-order valence-electron chi connectivity index (χ3n) is 3.55. The fraction of sp³-hybridized carbons (Fsp3) is 0.579. The van der Waals surface area contributed by atoms with Gasteiger partial charge >= 0.3 is 0 Å². The Morgan fingerprint density at radius 2 is 1.90 bits per heavy atom. The quantitative estimate of drug-likeness (QED) is 0.546. The molecular formula is C19H28O2. The summed E-state index contributed by atoms with van der Waals surface area (Å²) in [6, 6.07) is 10.1. The van der Waals surface area contributed by atoms with Gasteiger partial charge in [0.15, 0.2) is 0 Å². The highest BCUT2D eigenvalue weighted by Crippen LogP contribution is 2.11. The second kappa shape index (κ2) is 11.4. The number of benzene rings is 1. The Kier molecular flexibility index (Phi) is 9.61. The number of aliphatic hydroxyl groups excluding tert-OH is 1. The highest BCUT2D eigenvalue weighted by atomic mass is 16.5. The molecule has 1 aromatic rings. The number of hydrogen-bond acceptors (Lipinski definition) is 2. The third kappa shape index (κ3) is 8.55. The van der Waals surface area contributed by atoms with Crippen LogP contribution in [-0.4, -0.2) is 17.8 Å². The maximum absolute atomic E-state index is 10.0. The smallest absolute Gasteiger partial charge is 0.108 e. The summed E-state index contributed by atoms with van der Waals surface area (Å²) in [6.45, 7) is 5.18. The molecule has 0 bridgehead atoms. The van der Waals surface area contributed by atoms with Gasteiger partial charge in [-0.05, 0) is 18.9 Å². The van der Waals surface area contributed by atoms with E-state index in [-0.39, 0.29) is 12.0 Å². The van der Waals surface area contributed by atoms with Gasteiger partial charge in [-0.25, -0.2) is 0 Å². The minimum absolute atomic E-state index is 0.0203. The van der Waals surface area contributed by atoms with Gasteiger partial charge in [0.2, 0.25) is 0 Å². The SMILES string of the molecule is CCCCCC[C@@H](O)[C@H](C)C#CCOCc1ccccc1. The molecule has 1 aromatic carbocycles. The van der Waals surface area contributed by atoms with Gasteiger partial charge in [0.05, 0.1) is 12.7 Å². The Labute approximate surface area is 129 Å². The van der Waals surface area contributed by atoms with E-state index < -0.39 is 0 Å². The second-order valence-electron chi connectivity index (χ2n) is 5.50. The summed E-state index contributed by atoms with van der Waals surface area (Å²) in [5.74, 6) is 6.11. The van der Waals surface area contributed by atoms with Crippen LogP contribution in [0.15, 0.2) is 30.3 Å². The predicted octanol–water partition coefficient (Wildman–Crippen LogP) is 4.17. The maximum Gasteiger partial charge on any atom is 0.108 e. The zero-order valence-corrected chi connectivity index (χ0v) is 13.3. The van der Waals surface area contributed by atoms with E-state index in [2.05, 4.69) is 18.8 Å². The van der Waals surface area contributed by atoms with Crippen LogP contribution in [0.2, 0.25) is 0 Å². The van der Waals surface area contributed by atoms with E-state index in [1.807, 2.05) is 37.3 Å². The molecule has 0 fully saturated rings. The van der Waals surface area contributed by atoms with Crippen LogP contribution in [0.25, 0.3) is 0 Å². The molecule has 0 radical (unpaired) electrons. The van der Waals surface area contributed by atoms with Gasteiger partial charge in [-0.2, -0.15) is 0 Å². The second-order valence-corrected chi connectivity index (χ2v) is 5.50. The molecular weight excluding hydrogens is 260 g/mol. The van der Waals surface area contributed by atoms with E-state index >= 15 is 0 Å². The van der Waals surface area contributed by atoms with Gasteiger partial charge in [0.1, 0.15) is 6.61 Å². The minimum atomic E-state index is -0.316. The first-order chi connectivity index (χ1) is 10.2. The van der Waals surface area contributed by atoms with Crippen LogP contribution in [0.4, 0.5) is 0 Å². The monoisotopic (exact) mass is 288 g/mol. The number of aliphatic hydroxyl groups is 1. The topological polar surface area (TPSA) is 29.5 Å². The predicted molar refractivity (Wildman–Crippen MR) is 87.8 cm³/mol. The Hall–Kier alpha value is -1.30. The van der Waals surface area contributed by atoms with Gasteiger partial charge in [-0.15, -0.1) is 0 Å². The van der Waals surface area contributed by atoms with Crippen LogP contribution >= 0.6 is 0 Å². The summed E-state index contributed by atoms with van der Waals surface area (Å²) in [5.41, 5.74) is 1.16. The van der Waals surface area contributed by atoms with E-state index in [4.69, 9.17) is 4.74 Å². The van der Waals surface area contributed by atoms with Crippen LogP contribution in [0.1, 0.15) is 51.5 Å². The molecule has 1 N–H and O–H groups in total. The van der Waals surface area contributed by atoms with Crippen molar-refractivity contribution in [3.05, 3.63) is 35.9 Å². The Morgan fingerprint density at radius 3 is 2.62 bits per heavy atom. The highest BCUT2D eigenvalue weighted by Gasteiger charge is 2.10. The van der Waals surface area contributed by atoms with E-state index in [0.29, 0.717) is 13.2 Å². The molecule has 2 heteroatoms. The third-order valence-corrected chi connectivity index (χ3v) is 3.55. The van der Waals surface area contributed by atoms with Gasteiger partial charge in [0.25, 0.3) is 0 Å². The van der Waals surface area contributed by atoms with Crippen molar-refractivity contribution < 1.29 is 9.84 Å². The number of rotatable bonds is 9. The number of unbranched alkanes of at least 4 members (excludes halogenated alkanes) is 3. The first-order valence-corrected chi connectivity index (χ1v) is 8.02. The molecule has 2 nitrogen and oxygen atoms in total. The lowest BCUT2D eigenvalue weighted by Crippen LogP contribution is -2.16. The number of ether oxygens (including phenoxy) is 1. The fourth-order valence-electron chi connectivity index (χ4n) is 2.12. The standard InChI is InChI=1S/C19H28O2/c1-3-4-5-9-14-19(20)17(2)11-10-15-21-16-18-12-7-6-8-13-18/h6-8,12-13,17,19-20H,3-5,9,14-16H2,1-2H3/t17-,19-/m1/s1. The molecule has 0 aliphatic carbocycles. The van der Waals surface area contributed by atoms with Crippen molar-refractivity contribution in [2.24, 2.45) is 5.92 Å². The van der Waals surface area contributed by atoms with Gasteiger partial charge in [0, 0.05) is 5.92 Å². The van der Waals surface area contributed by atoms with Gasteiger partial charge < -0.3 is 9.84 Å².